The van der Waals surface area contributed by atoms with Crippen LogP contribution in [0.5, 0.6) is 17.2 Å². The normalized spacial score (nSPS) is 11.4. The van der Waals surface area contributed by atoms with E-state index >= 15 is 0 Å². The lowest BCUT2D eigenvalue weighted by molar-refractivity contribution is -0.114. The lowest BCUT2D eigenvalue weighted by Gasteiger charge is -2.19. The lowest BCUT2D eigenvalue weighted by Crippen LogP contribution is -2.32. The summed E-state index contributed by atoms with van der Waals surface area (Å²) in [5, 5.41) is 1.29. The van der Waals surface area contributed by atoms with Gasteiger partial charge in [0.2, 0.25) is 5.75 Å². The SMILES string of the molecule is COc1cc(C=CC(=O)N(CCCN(C)C)c2nc3ccc(Cl)cc3s2)cc(OC)c1OC. The number of halogens is 1. The molecule has 0 atom stereocenters. The Morgan fingerprint density at radius 1 is 1.06 bits per heavy atom. The van der Waals surface area contributed by atoms with Gasteiger partial charge >= 0.3 is 0 Å². The van der Waals surface area contributed by atoms with Crippen LogP contribution in [0, 0.1) is 0 Å². The molecule has 1 heterocycles. The Bertz CT molecular complexity index is 1120. The van der Waals surface area contributed by atoms with Crippen molar-refractivity contribution in [3.63, 3.8) is 0 Å². The third-order valence-corrected chi connectivity index (χ3v) is 6.20. The topological polar surface area (TPSA) is 64.1 Å². The Kier molecular flexibility index (Phi) is 8.55. The van der Waals surface area contributed by atoms with Crippen LogP contribution in [0.3, 0.4) is 0 Å². The quantitative estimate of drug-likeness (QED) is 0.374. The number of benzene rings is 2. The summed E-state index contributed by atoms with van der Waals surface area (Å²) in [5.41, 5.74) is 1.57. The molecule has 0 aliphatic rings. The average Bonchev–Trinajstić information content (AvgIpc) is 3.21. The molecule has 0 saturated carbocycles. The van der Waals surface area contributed by atoms with Gasteiger partial charge in [0.25, 0.3) is 5.91 Å². The number of methoxy groups -OCH3 is 3. The van der Waals surface area contributed by atoms with Crippen LogP contribution in [-0.4, -0.2) is 64.3 Å². The van der Waals surface area contributed by atoms with E-state index in [1.165, 1.54) is 17.4 Å². The highest BCUT2D eigenvalue weighted by atomic mass is 35.5. The standard InChI is InChI=1S/C24H28ClN3O4S/c1-27(2)11-6-12-28(24-26-18-9-8-17(25)15-21(18)33-24)22(29)10-7-16-13-19(30-3)23(32-5)20(14-16)31-4/h7-10,13-15H,6,11-12H2,1-5H3. The molecule has 2 aromatic carbocycles. The molecule has 0 aliphatic carbocycles. The van der Waals surface area contributed by atoms with Gasteiger partial charge in [0.15, 0.2) is 16.6 Å². The van der Waals surface area contributed by atoms with Crippen molar-refractivity contribution in [2.75, 3.05) is 53.4 Å². The smallest absolute Gasteiger partial charge is 0.252 e. The van der Waals surface area contributed by atoms with Crippen LogP contribution < -0.4 is 19.1 Å². The summed E-state index contributed by atoms with van der Waals surface area (Å²) in [6, 6.07) is 9.12. The van der Waals surface area contributed by atoms with Gasteiger partial charge in [0.05, 0.1) is 31.5 Å². The monoisotopic (exact) mass is 489 g/mol. The Hall–Kier alpha value is -2.81. The molecular weight excluding hydrogens is 462 g/mol. The summed E-state index contributed by atoms with van der Waals surface area (Å²) in [7, 11) is 8.69. The molecule has 176 valence electrons. The van der Waals surface area contributed by atoms with E-state index in [0.29, 0.717) is 33.9 Å². The number of nitrogens with zero attached hydrogens (tertiary/aromatic N) is 3. The first-order chi connectivity index (χ1) is 15.9. The second-order valence-electron chi connectivity index (χ2n) is 7.55. The second kappa shape index (κ2) is 11.4. The fourth-order valence-corrected chi connectivity index (χ4v) is 4.58. The fourth-order valence-electron chi connectivity index (χ4n) is 3.30. The predicted molar refractivity (Wildman–Crippen MR) is 135 cm³/mol. The minimum atomic E-state index is -0.160. The van der Waals surface area contributed by atoms with Gasteiger partial charge in [-0.1, -0.05) is 22.9 Å². The molecule has 3 rings (SSSR count). The van der Waals surface area contributed by atoms with Gasteiger partial charge in [-0.25, -0.2) is 4.98 Å². The molecule has 9 heteroatoms. The molecule has 1 amide bonds. The van der Waals surface area contributed by atoms with Crippen LogP contribution in [0.4, 0.5) is 5.13 Å². The van der Waals surface area contributed by atoms with Crippen molar-refractivity contribution in [2.45, 2.75) is 6.42 Å². The Morgan fingerprint density at radius 2 is 1.76 bits per heavy atom. The zero-order valence-corrected chi connectivity index (χ0v) is 21.0. The number of hydrogen-bond donors (Lipinski definition) is 0. The molecular formula is C24H28ClN3O4S. The number of aromatic nitrogens is 1. The number of anilines is 1. The molecule has 0 N–H and O–H groups in total. The van der Waals surface area contributed by atoms with Gasteiger partial charge in [-0.3, -0.25) is 9.69 Å². The highest BCUT2D eigenvalue weighted by Gasteiger charge is 2.18. The van der Waals surface area contributed by atoms with Crippen molar-refractivity contribution in [3.8, 4) is 17.2 Å². The summed E-state index contributed by atoms with van der Waals surface area (Å²) in [4.78, 5) is 21.7. The zero-order valence-electron chi connectivity index (χ0n) is 19.4. The average molecular weight is 490 g/mol. The molecule has 33 heavy (non-hydrogen) atoms. The number of amides is 1. The van der Waals surface area contributed by atoms with Gasteiger partial charge < -0.3 is 19.1 Å². The molecule has 7 nitrogen and oxygen atoms in total. The summed E-state index contributed by atoms with van der Waals surface area (Å²) >= 11 is 7.58. The summed E-state index contributed by atoms with van der Waals surface area (Å²) in [5.74, 6) is 1.39. The van der Waals surface area contributed by atoms with Crippen molar-refractivity contribution < 1.29 is 19.0 Å². The minimum absolute atomic E-state index is 0.160. The largest absolute Gasteiger partial charge is 0.493 e. The molecule has 0 bridgehead atoms. The van der Waals surface area contributed by atoms with Crippen molar-refractivity contribution in [1.29, 1.82) is 0 Å². The van der Waals surface area contributed by atoms with E-state index in [-0.39, 0.29) is 5.91 Å². The maximum Gasteiger partial charge on any atom is 0.252 e. The molecule has 0 fully saturated rings. The first-order valence-electron chi connectivity index (χ1n) is 10.4. The number of ether oxygens (including phenoxy) is 3. The lowest BCUT2D eigenvalue weighted by atomic mass is 10.1. The van der Waals surface area contributed by atoms with Gasteiger partial charge in [-0.15, -0.1) is 0 Å². The van der Waals surface area contributed by atoms with E-state index in [2.05, 4.69) is 9.88 Å². The second-order valence-corrected chi connectivity index (χ2v) is 8.99. The van der Waals surface area contributed by atoms with Crippen LogP contribution in [0.25, 0.3) is 16.3 Å². The van der Waals surface area contributed by atoms with E-state index < -0.39 is 0 Å². The number of hydrogen-bond acceptors (Lipinski definition) is 7. The van der Waals surface area contributed by atoms with Crippen molar-refractivity contribution in [2.24, 2.45) is 0 Å². The molecule has 0 spiro atoms. The third-order valence-electron chi connectivity index (χ3n) is 4.93. The molecule has 0 aliphatic heterocycles. The summed E-state index contributed by atoms with van der Waals surface area (Å²) in [6.07, 6.45) is 4.08. The molecule has 0 radical (unpaired) electrons. The summed E-state index contributed by atoms with van der Waals surface area (Å²) < 4.78 is 17.1. The van der Waals surface area contributed by atoms with Crippen molar-refractivity contribution >= 4 is 50.3 Å². The van der Waals surface area contributed by atoms with E-state index in [1.807, 2.05) is 26.2 Å². The minimum Gasteiger partial charge on any atom is -0.493 e. The van der Waals surface area contributed by atoms with Crippen LogP contribution >= 0.6 is 22.9 Å². The maximum atomic E-state index is 13.2. The van der Waals surface area contributed by atoms with E-state index in [0.717, 1.165) is 28.7 Å². The highest BCUT2D eigenvalue weighted by Crippen LogP contribution is 2.38. The number of carbonyl (C=O) groups is 1. The van der Waals surface area contributed by atoms with Gasteiger partial charge in [-0.2, -0.15) is 0 Å². The number of fused-ring (bicyclic) bond motifs is 1. The Labute approximate surface area is 203 Å². The first-order valence-corrected chi connectivity index (χ1v) is 11.6. The maximum absolute atomic E-state index is 13.2. The number of rotatable bonds is 10. The first kappa shape index (κ1) is 24.8. The van der Waals surface area contributed by atoms with Crippen LogP contribution in [0.2, 0.25) is 5.02 Å². The molecule has 0 saturated heterocycles. The number of thiazole rings is 1. The van der Waals surface area contributed by atoms with Gasteiger partial charge in [-0.05, 0) is 69.0 Å². The van der Waals surface area contributed by atoms with Gasteiger partial charge in [0.1, 0.15) is 0 Å². The van der Waals surface area contributed by atoms with Crippen LogP contribution in [0.1, 0.15) is 12.0 Å². The third kappa shape index (κ3) is 6.16. The molecule has 3 aromatic rings. The van der Waals surface area contributed by atoms with Crippen LogP contribution in [-0.2, 0) is 4.79 Å². The highest BCUT2D eigenvalue weighted by molar-refractivity contribution is 7.22. The van der Waals surface area contributed by atoms with E-state index in [9.17, 15) is 4.79 Å². The van der Waals surface area contributed by atoms with Crippen molar-refractivity contribution in [3.05, 3.63) is 47.0 Å². The fraction of sp³-hybridized carbons (Fsp3) is 0.333. The Morgan fingerprint density at radius 3 is 2.36 bits per heavy atom. The zero-order chi connectivity index (χ0) is 24.0. The van der Waals surface area contributed by atoms with Gasteiger partial charge in [0, 0.05) is 17.6 Å². The molecule has 1 aromatic heterocycles. The van der Waals surface area contributed by atoms with E-state index in [4.69, 9.17) is 25.8 Å². The number of carbonyl (C=O) groups excluding carboxylic acids is 1. The Balaban J connectivity index is 1.90. The van der Waals surface area contributed by atoms with Crippen molar-refractivity contribution in [1.82, 2.24) is 9.88 Å². The van der Waals surface area contributed by atoms with E-state index in [1.54, 1.807) is 50.5 Å². The molecule has 0 unspecified atom stereocenters. The van der Waals surface area contributed by atoms with Crippen LogP contribution in [0.15, 0.2) is 36.4 Å². The predicted octanol–water partition coefficient (Wildman–Crippen LogP) is 4.97. The summed E-state index contributed by atoms with van der Waals surface area (Å²) in [6.45, 7) is 1.40.